The van der Waals surface area contributed by atoms with E-state index in [2.05, 4.69) is 20.9 Å². The molecule has 2 saturated heterocycles. The zero-order chi connectivity index (χ0) is 20.3. The van der Waals surface area contributed by atoms with Crippen LogP contribution >= 0.6 is 0 Å². The first-order valence-corrected chi connectivity index (χ1v) is 11.2. The van der Waals surface area contributed by atoms with Gasteiger partial charge < -0.3 is 9.64 Å². The van der Waals surface area contributed by atoms with Gasteiger partial charge in [0.15, 0.2) is 0 Å². The molecule has 0 N–H and O–H groups in total. The third-order valence-electron chi connectivity index (χ3n) is 7.29. The van der Waals surface area contributed by atoms with Crippen LogP contribution in [0.2, 0.25) is 0 Å². The number of carbonyl (C=O) groups excluding carboxylic acids is 1. The Morgan fingerprint density at radius 2 is 2.07 bits per heavy atom. The first kappa shape index (κ1) is 20.8. The number of piperidine rings is 2. The molecule has 3 heterocycles. The van der Waals surface area contributed by atoms with Crippen molar-refractivity contribution in [3.05, 3.63) is 30.1 Å². The van der Waals surface area contributed by atoms with Gasteiger partial charge in [0.05, 0.1) is 18.1 Å². The van der Waals surface area contributed by atoms with E-state index in [1.54, 1.807) is 7.11 Å². The number of rotatable bonds is 7. The third-order valence-corrected chi connectivity index (χ3v) is 7.29. The standard InChI is InChI=1S/C23H36N4O2/c1-25(23(9-10-23)18-29-2)22(28)20-6-4-12-27(17-20)21-7-13-26(14-8-21)16-19-5-3-11-24-15-19/h3,5,11,15,20-21H,4,6-10,12-14,16-18H2,1-2H3/t20-/m0/s1. The second kappa shape index (κ2) is 9.11. The zero-order valence-corrected chi connectivity index (χ0v) is 18.1. The van der Waals surface area contributed by atoms with Gasteiger partial charge in [-0.3, -0.25) is 19.6 Å². The van der Waals surface area contributed by atoms with E-state index in [0.717, 1.165) is 58.4 Å². The van der Waals surface area contributed by atoms with Crippen LogP contribution in [0.5, 0.6) is 0 Å². The number of pyridine rings is 1. The topological polar surface area (TPSA) is 48.9 Å². The summed E-state index contributed by atoms with van der Waals surface area (Å²) in [6, 6.07) is 4.80. The highest BCUT2D eigenvalue weighted by Gasteiger charge is 2.49. The summed E-state index contributed by atoms with van der Waals surface area (Å²) >= 11 is 0. The van der Waals surface area contributed by atoms with E-state index in [1.165, 1.54) is 18.4 Å². The van der Waals surface area contributed by atoms with Crippen LogP contribution in [0, 0.1) is 5.92 Å². The van der Waals surface area contributed by atoms with E-state index in [9.17, 15) is 4.79 Å². The number of ether oxygens (including phenoxy) is 1. The summed E-state index contributed by atoms with van der Waals surface area (Å²) in [6.45, 7) is 6.00. The molecule has 0 spiro atoms. The predicted molar refractivity (Wildman–Crippen MR) is 113 cm³/mol. The molecular weight excluding hydrogens is 364 g/mol. The lowest BCUT2D eigenvalue weighted by molar-refractivity contribution is -0.140. The van der Waals surface area contributed by atoms with E-state index in [1.807, 2.05) is 30.4 Å². The van der Waals surface area contributed by atoms with Gasteiger partial charge in [0.25, 0.3) is 0 Å². The largest absolute Gasteiger partial charge is 0.382 e. The summed E-state index contributed by atoms with van der Waals surface area (Å²) in [5.74, 6) is 0.481. The number of hydrogen-bond donors (Lipinski definition) is 0. The van der Waals surface area contributed by atoms with Crippen LogP contribution in [0.1, 0.15) is 44.1 Å². The van der Waals surface area contributed by atoms with Crippen molar-refractivity contribution < 1.29 is 9.53 Å². The molecule has 0 aromatic carbocycles. The molecule has 3 fully saturated rings. The van der Waals surface area contributed by atoms with Gasteiger partial charge >= 0.3 is 0 Å². The molecule has 6 nitrogen and oxygen atoms in total. The highest BCUT2D eigenvalue weighted by molar-refractivity contribution is 5.80. The maximum atomic E-state index is 13.2. The number of aromatic nitrogens is 1. The second-order valence-corrected chi connectivity index (χ2v) is 9.26. The van der Waals surface area contributed by atoms with Crippen molar-refractivity contribution in [2.24, 2.45) is 5.92 Å². The van der Waals surface area contributed by atoms with Gasteiger partial charge in [-0.25, -0.2) is 0 Å². The highest BCUT2D eigenvalue weighted by atomic mass is 16.5. The van der Waals surface area contributed by atoms with Crippen LogP contribution in [0.3, 0.4) is 0 Å². The quantitative estimate of drug-likeness (QED) is 0.703. The Labute approximate surface area is 175 Å². The number of likely N-dealkylation sites (tertiary alicyclic amines) is 2. The van der Waals surface area contributed by atoms with Gasteiger partial charge in [0.2, 0.25) is 5.91 Å². The van der Waals surface area contributed by atoms with Gasteiger partial charge in [-0.05, 0) is 69.8 Å². The molecule has 2 aliphatic heterocycles. The SMILES string of the molecule is COCC1(N(C)C(=O)[C@H]2CCCN(C3CCN(Cc4cccnc4)CC3)C2)CC1. The first-order chi connectivity index (χ1) is 14.1. The third kappa shape index (κ3) is 4.81. The summed E-state index contributed by atoms with van der Waals surface area (Å²) < 4.78 is 5.38. The lowest BCUT2D eigenvalue weighted by atomic mass is 9.92. The zero-order valence-electron chi connectivity index (χ0n) is 18.1. The Morgan fingerprint density at radius 3 is 2.72 bits per heavy atom. The minimum atomic E-state index is -0.0221. The number of carbonyl (C=O) groups is 1. The molecule has 0 radical (unpaired) electrons. The summed E-state index contributed by atoms with van der Waals surface area (Å²) in [5, 5.41) is 0. The lowest BCUT2D eigenvalue weighted by Gasteiger charge is -2.43. The fourth-order valence-electron chi connectivity index (χ4n) is 5.23. The summed E-state index contributed by atoms with van der Waals surface area (Å²) in [7, 11) is 3.73. The summed E-state index contributed by atoms with van der Waals surface area (Å²) in [5.41, 5.74) is 1.27. The fraction of sp³-hybridized carbons (Fsp3) is 0.739. The van der Waals surface area contributed by atoms with Crippen LogP contribution in [0.25, 0.3) is 0 Å². The Balaban J connectivity index is 1.27. The summed E-state index contributed by atoms with van der Waals surface area (Å²) in [4.78, 5) is 24.6. The van der Waals surface area contributed by atoms with Gasteiger partial charge in [0, 0.05) is 45.7 Å². The van der Waals surface area contributed by atoms with Gasteiger partial charge in [-0.1, -0.05) is 6.07 Å². The van der Waals surface area contributed by atoms with Crippen molar-refractivity contribution in [1.29, 1.82) is 0 Å². The Hall–Kier alpha value is -1.50. The molecular formula is C23H36N4O2. The van der Waals surface area contributed by atoms with E-state index in [-0.39, 0.29) is 11.5 Å². The molecule has 4 rings (SSSR count). The van der Waals surface area contributed by atoms with E-state index >= 15 is 0 Å². The molecule has 1 aliphatic carbocycles. The number of amides is 1. The summed E-state index contributed by atoms with van der Waals surface area (Å²) in [6.07, 6.45) is 10.5. The van der Waals surface area contributed by atoms with Crippen molar-refractivity contribution >= 4 is 5.91 Å². The fourth-order valence-corrected chi connectivity index (χ4v) is 5.23. The molecule has 160 valence electrons. The minimum absolute atomic E-state index is 0.0221. The molecule has 1 atom stereocenters. The Kier molecular flexibility index (Phi) is 6.52. The molecule has 1 aromatic rings. The number of likely N-dealkylation sites (N-methyl/N-ethyl adjacent to an activating group) is 1. The normalized spacial score (nSPS) is 25.7. The van der Waals surface area contributed by atoms with E-state index in [4.69, 9.17) is 4.74 Å². The highest BCUT2D eigenvalue weighted by Crippen LogP contribution is 2.42. The lowest BCUT2D eigenvalue weighted by Crippen LogP contribution is -2.52. The molecule has 29 heavy (non-hydrogen) atoms. The van der Waals surface area contributed by atoms with Gasteiger partial charge in [-0.2, -0.15) is 0 Å². The van der Waals surface area contributed by atoms with Crippen molar-refractivity contribution in [2.75, 3.05) is 46.9 Å². The monoisotopic (exact) mass is 400 g/mol. The van der Waals surface area contributed by atoms with E-state index < -0.39 is 0 Å². The van der Waals surface area contributed by atoms with Gasteiger partial charge in [-0.15, -0.1) is 0 Å². The number of methoxy groups -OCH3 is 1. The van der Waals surface area contributed by atoms with Crippen molar-refractivity contribution in [3.63, 3.8) is 0 Å². The molecule has 6 heteroatoms. The van der Waals surface area contributed by atoms with Crippen LogP contribution in [0.4, 0.5) is 0 Å². The number of hydrogen-bond acceptors (Lipinski definition) is 5. The molecule has 3 aliphatic rings. The van der Waals surface area contributed by atoms with Crippen molar-refractivity contribution in [1.82, 2.24) is 19.7 Å². The average Bonchev–Trinajstić information content (AvgIpc) is 3.55. The van der Waals surface area contributed by atoms with Crippen LogP contribution < -0.4 is 0 Å². The van der Waals surface area contributed by atoms with Crippen LogP contribution in [0.15, 0.2) is 24.5 Å². The van der Waals surface area contributed by atoms with Crippen LogP contribution in [-0.2, 0) is 16.1 Å². The molecule has 1 saturated carbocycles. The maximum absolute atomic E-state index is 13.2. The van der Waals surface area contributed by atoms with Gasteiger partial charge in [0.1, 0.15) is 0 Å². The molecule has 1 amide bonds. The molecule has 0 unspecified atom stereocenters. The Bertz CT molecular complexity index is 671. The van der Waals surface area contributed by atoms with Crippen molar-refractivity contribution in [3.8, 4) is 0 Å². The second-order valence-electron chi connectivity index (χ2n) is 9.26. The van der Waals surface area contributed by atoms with Crippen molar-refractivity contribution in [2.45, 2.75) is 56.7 Å². The molecule has 0 bridgehead atoms. The first-order valence-electron chi connectivity index (χ1n) is 11.2. The van der Waals surface area contributed by atoms with E-state index in [0.29, 0.717) is 18.6 Å². The Morgan fingerprint density at radius 1 is 1.28 bits per heavy atom. The maximum Gasteiger partial charge on any atom is 0.227 e. The number of nitrogens with zero attached hydrogens (tertiary/aromatic N) is 4. The van der Waals surface area contributed by atoms with Crippen LogP contribution in [-0.4, -0.2) is 84.1 Å². The smallest absolute Gasteiger partial charge is 0.227 e. The average molecular weight is 401 g/mol. The minimum Gasteiger partial charge on any atom is -0.382 e. The molecule has 1 aromatic heterocycles. The predicted octanol–water partition coefficient (Wildman–Crippen LogP) is 2.40.